The van der Waals surface area contributed by atoms with Crippen molar-refractivity contribution in [3.63, 3.8) is 0 Å². The van der Waals surface area contributed by atoms with Crippen LogP contribution >= 0.6 is 0 Å². The normalized spacial score (nSPS) is 20.1. The maximum absolute atomic E-state index is 11.7. The van der Waals surface area contributed by atoms with Gasteiger partial charge >= 0.3 is 6.16 Å². The Bertz CT molecular complexity index is 511. The third-order valence-corrected chi connectivity index (χ3v) is 2.97. The molecule has 21 heavy (non-hydrogen) atoms. The summed E-state index contributed by atoms with van der Waals surface area (Å²) in [4.78, 5) is 11.7. The Balaban J connectivity index is 1.85. The molecule has 1 saturated heterocycles. The minimum atomic E-state index is -0.801. The standard InChI is InChI=1S/C15H20O6/c1-10-5-6-12(13(7-10)17-4)20-14(16)18-8-11-9-19-15(2,3)21-11/h5-7,11H,8-9H2,1-4H3. The largest absolute Gasteiger partial charge is 0.514 e. The zero-order valence-corrected chi connectivity index (χ0v) is 12.7. The molecular weight excluding hydrogens is 276 g/mol. The molecule has 6 heteroatoms. The summed E-state index contributed by atoms with van der Waals surface area (Å²) < 4.78 is 26.2. The molecule has 0 N–H and O–H groups in total. The van der Waals surface area contributed by atoms with Gasteiger partial charge in [-0.2, -0.15) is 0 Å². The Morgan fingerprint density at radius 2 is 2.14 bits per heavy atom. The van der Waals surface area contributed by atoms with E-state index in [4.69, 9.17) is 23.7 Å². The molecule has 1 unspecified atom stereocenters. The molecule has 0 spiro atoms. The van der Waals surface area contributed by atoms with E-state index in [1.165, 1.54) is 7.11 Å². The van der Waals surface area contributed by atoms with Gasteiger partial charge in [0.15, 0.2) is 17.3 Å². The van der Waals surface area contributed by atoms with E-state index < -0.39 is 11.9 Å². The molecule has 1 heterocycles. The van der Waals surface area contributed by atoms with Gasteiger partial charge in [0.05, 0.1) is 13.7 Å². The van der Waals surface area contributed by atoms with Crippen molar-refractivity contribution in [1.29, 1.82) is 0 Å². The zero-order valence-electron chi connectivity index (χ0n) is 12.7. The van der Waals surface area contributed by atoms with Crippen LogP contribution in [-0.4, -0.2) is 38.4 Å². The summed E-state index contributed by atoms with van der Waals surface area (Å²) in [5.41, 5.74) is 1.01. The maximum atomic E-state index is 11.7. The quantitative estimate of drug-likeness (QED) is 0.629. The second-order valence-corrected chi connectivity index (χ2v) is 5.27. The van der Waals surface area contributed by atoms with Gasteiger partial charge < -0.3 is 23.7 Å². The van der Waals surface area contributed by atoms with Crippen molar-refractivity contribution in [2.45, 2.75) is 32.7 Å². The van der Waals surface area contributed by atoms with E-state index in [9.17, 15) is 4.79 Å². The third-order valence-electron chi connectivity index (χ3n) is 2.97. The van der Waals surface area contributed by atoms with Gasteiger partial charge in [-0.05, 0) is 38.5 Å². The summed E-state index contributed by atoms with van der Waals surface area (Å²) >= 11 is 0. The highest BCUT2D eigenvalue weighted by molar-refractivity contribution is 5.65. The van der Waals surface area contributed by atoms with Crippen LogP contribution in [0.2, 0.25) is 0 Å². The van der Waals surface area contributed by atoms with Gasteiger partial charge in [-0.1, -0.05) is 6.07 Å². The van der Waals surface area contributed by atoms with Crippen molar-refractivity contribution < 1.29 is 28.5 Å². The number of ether oxygens (including phenoxy) is 5. The summed E-state index contributed by atoms with van der Waals surface area (Å²) in [5.74, 6) is 0.156. The Labute approximate surface area is 123 Å². The van der Waals surface area contributed by atoms with Crippen LogP contribution in [0.5, 0.6) is 11.5 Å². The van der Waals surface area contributed by atoms with E-state index in [2.05, 4.69) is 0 Å². The fourth-order valence-corrected chi connectivity index (χ4v) is 1.98. The molecule has 0 aromatic heterocycles. The predicted molar refractivity (Wildman–Crippen MR) is 74.6 cm³/mol. The molecule has 1 aliphatic rings. The molecule has 0 bridgehead atoms. The smallest absolute Gasteiger partial charge is 0.493 e. The molecule has 0 saturated carbocycles. The highest BCUT2D eigenvalue weighted by Gasteiger charge is 2.33. The van der Waals surface area contributed by atoms with Crippen LogP contribution in [0, 0.1) is 6.92 Å². The predicted octanol–water partition coefficient (Wildman–Crippen LogP) is 2.67. The Hall–Kier alpha value is -1.79. The minimum absolute atomic E-state index is 0.0798. The molecule has 1 aliphatic heterocycles. The Kier molecular flexibility index (Phi) is 4.69. The molecule has 0 amide bonds. The first-order chi connectivity index (χ1) is 9.89. The van der Waals surface area contributed by atoms with Crippen molar-refractivity contribution >= 4 is 6.16 Å². The molecule has 0 aliphatic carbocycles. The van der Waals surface area contributed by atoms with E-state index in [0.717, 1.165) is 5.56 Å². The first kappa shape index (κ1) is 15.6. The van der Waals surface area contributed by atoms with Crippen molar-refractivity contribution in [2.75, 3.05) is 20.3 Å². The lowest BCUT2D eigenvalue weighted by Crippen LogP contribution is -2.26. The van der Waals surface area contributed by atoms with Gasteiger partial charge in [0.1, 0.15) is 12.7 Å². The van der Waals surface area contributed by atoms with Crippen molar-refractivity contribution in [2.24, 2.45) is 0 Å². The number of methoxy groups -OCH3 is 1. The fourth-order valence-electron chi connectivity index (χ4n) is 1.98. The number of aryl methyl sites for hydroxylation is 1. The lowest BCUT2D eigenvalue weighted by Gasteiger charge is -2.17. The van der Waals surface area contributed by atoms with E-state index in [0.29, 0.717) is 18.1 Å². The molecular formula is C15H20O6. The average Bonchev–Trinajstić information content (AvgIpc) is 2.78. The Morgan fingerprint density at radius 1 is 1.38 bits per heavy atom. The zero-order chi connectivity index (χ0) is 15.5. The van der Waals surface area contributed by atoms with Gasteiger partial charge in [0.25, 0.3) is 0 Å². The van der Waals surface area contributed by atoms with Gasteiger partial charge in [-0.15, -0.1) is 0 Å². The fraction of sp³-hybridized carbons (Fsp3) is 0.533. The van der Waals surface area contributed by atoms with Crippen LogP contribution in [0.15, 0.2) is 18.2 Å². The summed E-state index contributed by atoms with van der Waals surface area (Å²) in [6.45, 7) is 6.00. The lowest BCUT2D eigenvalue weighted by atomic mass is 10.2. The first-order valence-corrected chi connectivity index (χ1v) is 6.70. The number of rotatable bonds is 4. The topological polar surface area (TPSA) is 63.2 Å². The highest BCUT2D eigenvalue weighted by Crippen LogP contribution is 2.28. The van der Waals surface area contributed by atoms with Crippen LogP contribution < -0.4 is 9.47 Å². The van der Waals surface area contributed by atoms with Crippen molar-refractivity contribution in [1.82, 2.24) is 0 Å². The molecule has 0 radical (unpaired) electrons. The highest BCUT2D eigenvalue weighted by atomic mass is 16.8. The summed E-state index contributed by atoms with van der Waals surface area (Å²) in [5, 5.41) is 0. The van der Waals surface area contributed by atoms with Crippen molar-refractivity contribution in [3.05, 3.63) is 23.8 Å². The van der Waals surface area contributed by atoms with Gasteiger partial charge in [0, 0.05) is 0 Å². The maximum Gasteiger partial charge on any atom is 0.514 e. The van der Waals surface area contributed by atoms with Gasteiger partial charge in [-0.25, -0.2) is 4.79 Å². The van der Waals surface area contributed by atoms with Crippen LogP contribution in [0.4, 0.5) is 4.79 Å². The van der Waals surface area contributed by atoms with E-state index in [-0.39, 0.29) is 12.7 Å². The minimum Gasteiger partial charge on any atom is -0.493 e. The number of benzene rings is 1. The summed E-state index contributed by atoms with van der Waals surface area (Å²) in [7, 11) is 1.51. The van der Waals surface area contributed by atoms with Crippen LogP contribution in [-0.2, 0) is 14.2 Å². The lowest BCUT2D eigenvalue weighted by molar-refractivity contribution is -0.143. The second kappa shape index (κ2) is 6.32. The molecule has 1 aromatic rings. The molecule has 116 valence electrons. The summed E-state index contributed by atoms with van der Waals surface area (Å²) in [6.07, 6.45) is -1.09. The van der Waals surface area contributed by atoms with Gasteiger partial charge in [0.2, 0.25) is 0 Å². The average molecular weight is 296 g/mol. The Morgan fingerprint density at radius 3 is 2.76 bits per heavy atom. The monoisotopic (exact) mass is 296 g/mol. The molecule has 1 atom stereocenters. The molecule has 1 aromatic carbocycles. The SMILES string of the molecule is COc1cc(C)ccc1OC(=O)OCC1COC(C)(C)O1. The van der Waals surface area contributed by atoms with E-state index >= 15 is 0 Å². The third kappa shape index (κ3) is 4.34. The number of hydrogen-bond acceptors (Lipinski definition) is 6. The molecule has 2 rings (SSSR count). The molecule has 1 fully saturated rings. The van der Waals surface area contributed by atoms with E-state index in [1.54, 1.807) is 12.1 Å². The number of carbonyl (C=O) groups excluding carboxylic acids is 1. The second-order valence-electron chi connectivity index (χ2n) is 5.27. The van der Waals surface area contributed by atoms with Crippen molar-refractivity contribution in [3.8, 4) is 11.5 Å². The number of hydrogen-bond donors (Lipinski definition) is 0. The number of carbonyl (C=O) groups is 1. The van der Waals surface area contributed by atoms with Crippen LogP contribution in [0.25, 0.3) is 0 Å². The van der Waals surface area contributed by atoms with E-state index in [1.807, 2.05) is 26.8 Å². The van der Waals surface area contributed by atoms with Crippen LogP contribution in [0.3, 0.4) is 0 Å². The summed E-state index contributed by atoms with van der Waals surface area (Å²) in [6, 6.07) is 5.26. The van der Waals surface area contributed by atoms with Gasteiger partial charge in [-0.3, -0.25) is 0 Å². The molecule has 6 nitrogen and oxygen atoms in total. The first-order valence-electron chi connectivity index (χ1n) is 6.70. The van der Waals surface area contributed by atoms with Crippen LogP contribution in [0.1, 0.15) is 19.4 Å².